The van der Waals surface area contributed by atoms with Gasteiger partial charge in [-0.15, -0.1) is 0 Å². The van der Waals surface area contributed by atoms with Gasteiger partial charge in [-0.05, 0) is 19.3 Å². The Hall–Kier alpha value is -2.65. The second-order valence-electron chi connectivity index (χ2n) is 6.00. The molecular formula is C15H25N3O7. The van der Waals surface area contributed by atoms with E-state index in [1.165, 1.54) is 6.92 Å². The fourth-order valence-corrected chi connectivity index (χ4v) is 1.78. The van der Waals surface area contributed by atoms with Gasteiger partial charge in [0.05, 0.1) is 6.54 Å². The van der Waals surface area contributed by atoms with E-state index in [-0.39, 0.29) is 25.2 Å². The Balaban J connectivity index is 4.26. The van der Waals surface area contributed by atoms with E-state index in [9.17, 15) is 24.0 Å². The molecule has 0 aromatic carbocycles. The summed E-state index contributed by atoms with van der Waals surface area (Å²) in [6.45, 7) is 4.49. The lowest BCUT2D eigenvalue weighted by Crippen LogP contribution is -2.44. The predicted molar refractivity (Wildman–Crippen MR) is 86.5 cm³/mol. The summed E-state index contributed by atoms with van der Waals surface area (Å²) >= 11 is 0. The molecular weight excluding hydrogens is 334 g/mol. The van der Waals surface area contributed by atoms with Crippen molar-refractivity contribution in [3.63, 3.8) is 0 Å². The van der Waals surface area contributed by atoms with Crippen molar-refractivity contribution in [3.05, 3.63) is 0 Å². The number of carboxylic acids is 2. The molecule has 142 valence electrons. The van der Waals surface area contributed by atoms with Gasteiger partial charge in [-0.3, -0.25) is 19.2 Å². The third-order valence-electron chi connectivity index (χ3n) is 3.08. The zero-order chi connectivity index (χ0) is 19.6. The third kappa shape index (κ3) is 10.7. The van der Waals surface area contributed by atoms with Crippen LogP contribution >= 0.6 is 0 Å². The van der Waals surface area contributed by atoms with Crippen LogP contribution in [0.25, 0.3) is 0 Å². The van der Waals surface area contributed by atoms with Gasteiger partial charge in [0.1, 0.15) is 12.1 Å². The van der Waals surface area contributed by atoms with Crippen molar-refractivity contribution in [2.75, 3.05) is 6.54 Å². The van der Waals surface area contributed by atoms with Crippen LogP contribution in [0.1, 0.15) is 40.0 Å². The summed E-state index contributed by atoms with van der Waals surface area (Å²) in [4.78, 5) is 56.4. The van der Waals surface area contributed by atoms with Crippen LogP contribution in [0.3, 0.4) is 0 Å². The van der Waals surface area contributed by atoms with E-state index in [4.69, 9.17) is 10.2 Å². The first-order valence-corrected chi connectivity index (χ1v) is 7.84. The molecule has 0 unspecified atom stereocenters. The monoisotopic (exact) mass is 359 g/mol. The number of carboxylic acid groups (broad SMARTS) is 2. The van der Waals surface area contributed by atoms with Crippen molar-refractivity contribution in [2.45, 2.75) is 52.1 Å². The standard InChI is InChI=1S/C15H25N3O7/c1-8(2)6-12(20)18-10(15(24)25)4-5-11(19)16-7-13(21)17-9(3)14(22)23/h8-10H,4-7H2,1-3H3,(H,16,19)(H,17,21)(H,18,20)(H,22,23)(H,24,25)/t9-,10-/m1/s1. The second-order valence-corrected chi connectivity index (χ2v) is 6.00. The second kappa shape index (κ2) is 11.0. The molecule has 10 nitrogen and oxygen atoms in total. The number of rotatable bonds is 11. The lowest BCUT2D eigenvalue weighted by atomic mass is 10.1. The highest BCUT2D eigenvalue weighted by Gasteiger charge is 2.21. The Labute approximate surface area is 145 Å². The number of carbonyl (C=O) groups is 5. The lowest BCUT2D eigenvalue weighted by Gasteiger charge is -2.15. The highest BCUT2D eigenvalue weighted by molar-refractivity contribution is 5.88. The van der Waals surface area contributed by atoms with E-state index >= 15 is 0 Å². The normalized spacial score (nSPS) is 12.8. The SMILES string of the molecule is CC(C)CC(=O)N[C@H](CCC(=O)NCC(=O)N[C@H](C)C(=O)O)C(=O)O. The minimum atomic E-state index is -1.25. The fourth-order valence-electron chi connectivity index (χ4n) is 1.78. The van der Waals surface area contributed by atoms with Crippen molar-refractivity contribution < 1.29 is 34.2 Å². The Kier molecular flexibility index (Phi) is 9.83. The maximum Gasteiger partial charge on any atom is 0.326 e. The molecule has 0 fully saturated rings. The van der Waals surface area contributed by atoms with Crippen LogP contribution in [0.4, 0.5) is 0 Å². The largest absolute Gasteiger partial charge is 0.480 e. The van der Waals surface area contributed by atoms with Gasteiger partial charge in [0, 0.05) is 12.8 Å². The molecule has 3 amide bonds. The topological polar surface area (TPSA) is 162 Å². The summed E-state index contributed by atoms with van der Waals surface area (Å²) in [7, 11) is 0. The molecule has 0 rings (SSSR count). The van der Waals surface area contributed by atoms with Crippen molar-refractivity contribution >= 4 is 29.7 Å². The first-order valence-electron chi connectivity index (χ1n) is 7.84. The number of hydrogen-bond donors (Lipinski definition) is 5. The van der Waals surface area contributed by atoms with Crippen molar-refractivity contribution in [3.8, 4) is 0 Å². The first kappa shape index (κ1) is 22.4. The Bertz CT molecular complexity index is 519. The molecule has 25 heavy (non-hydrogen) atoms. The summed E-state index contributed by atoms with van der Waals surface area (Å²) < 4.78 is 0. The molecule has 0 saturated carbocycles. The molecule has 0 aromatic heterocycles. The van der Waals surface area contributed by atoms with Gasteiger partial charge in [-0.1, -0.05) is 13.8 Å². The van der Waals surface area contributed by atoms with E-state index in [0.717, 1.165) is 0 Å². The average Bonchev–Trinajstić information content (AvgIpc) is 2.47. The predicted octanol–water partition coefficient (Wildman–Crippen LogP) is -0.912. The zero-order valence-electron chi connectivity index (χ0n) is 14.5. The summed E-state index contributed by atoms with van der Waals surface area (Å²) in [6, 6.07) is -2.28. The molecule has 0 aliphatic carbocycles. The van der Waals surface area contributed by atoms with Gasteiger partial charge < -0.3 is 26.2 Å². The van der Waals surface area contributed by atoms with E-state index in [1.54, 1.807) is 0 Å². The summed E-state index contributed by atoms with van der Waals surface area (Å²) in [5, 5.41) is 24.5. The Morgan fingerprint density at radius 1 is 0.840 bits per heavy atom. The molecule has 5 N–H and O–H groups in total. The maximum absolute atomic E-state index is 11.6. The van der Waals surface area contributed by atoms with Gasteiger partial charge in [0.2, 0.25) is 17.7 Å². The lowest BCUT2D eigenvalue weighted by molar-refractivity contribution is -0.142. The van der Waals surface area contributed by atoms with Crippen molar-refractivity contribution in [1.82, 2.24) is 16.0 Å². The van der Waals surface area contributed by atoms with Gasteiger partial charge >= 0.3 is 11.9 Å². The number of aliphatic carboxylic acids is 2. The average molecular weight is 359 g/mol. The quantitative estimate of drug-likeness (QED) is 0.319. The number of hydrogen-bond acceptors (Lipinski definition) is 5. The molecule has 0 saturated heterocycles. The highest BCUT2D eigenvalue weighted by atomic mass is 16.4. The third-order valence-corrected chi connectivity index (χ3v) is 3.08. The smallest absolute Gasteiger partial charge is 0.326 e. The maximum atomic E-state index is 11.6. The number of nitrogens with one attached hydrogen (secondary N) is 3. The van der Waals surface area contributed by atoms with E-state index in [2.05, 4.69) is 16.0 Å². The minimum absolute atomic E-state index is 0.0736. The molecule has 0 aromatic rings. The van der Waals surface area contributed by atoms with Gasteiger partial charge in [-0.2, -0.15) is 0 Å². The summed E-state index contributed by atoms with van der Waals surface area (Å²) in [6.07, 6.45) is -0.156. The van der Waals surface area contributed by atoms with Gasteiger partial charge in [0.25, 0.3) is 0 Å². The van der Waals surface area contributed by atoms with Crippen molar-refractivity contribution in [1.29, 1.82) is 0 Å². The number of carbonyl (C=O) groups excluding carboxylic acids is 3. The van der Waals surface area contributed by atoms with Gasteiger partial charge in [0.15, 0.2) is 0 Å². The number of amides is 3. The van der Waals surface area contributed by atoms with Crippen LogP contribution in [0, 0.1) is 5.92 Å². The van der Waals surface area contributed by atoms with Crippen LogP contribution < -0.4 is 16.0 Å². The van der Waals surface area contributed by atoms with Crippen molar-refractivity contribution in [2.24, 2.45) is 5.92 Å². The molecule has 0 aliphatic heterocycles. The minimum Gasteiger partial charge on any atom is -0.480 e. The Morgan fingerprint density at radius 2 is 1.44 bits per heavy atom. The molecule has 0 bridgehead atoms. The fraction of sp³-hybridized carbons (Fsp3) is 0.667. The van der Waals surface area contributed by atoms with Crippen LogP contribution in [0.5, 0.6) is 0 Å². The molecule has 10 heteroatoms. The van der Waals surface area contributed by atoms with Crippen LogP contribution in [0.2, 0.25) is 0 Å². The zero-order valence-corrected chi connectivity index (χ0v) is 14.5. The van der Waals surface area contributed by atoms with Crippen LogP contribution in [-0.2, 0) is 24.0 Å². The molecule has 2 atom stereocenters. The van der Waals surface area contributed by atoms with Crippen LogP contribution in [0.15, 0.2) is 0 Å². The van der Waals surface area contributed by atoms with E-state index in [1.807, 2.05) is 13.8 Å². The summed E-state index contributed by atoms with van der Waals surface area (Å²) in [5.41, 5.74) is 0. The summed E-state index contributed by atoms with van der Waals surface area (Å²) in [5.74, 6) is -4.06. The van der Waals surface area contributed by atoms with Gasteiger partial charge in [-0.25, -0.2) is 4.79 Å². The molecule has 0 spiro atoms. The molecule has 0 aliphatic rings. The first-order chi connectivity index (χ1) is 11.5. The van der Waals surface area contributed by atoms with E-state index in [0.29, 0.717) is 0 Å². The van der Waals surface area contributed by atoms with Crippen LogP contribution in [-0.4, -0.2) is 58.5 Å². The molecule has 0 radical (unpaired) electrons. The molecule has 0 heterocycles. The highest BCUT2D eigenvalue weighted by Crippen LogP contribution is 2.02. The van der Waals surface area contributed by atoms with E-state index < -0.39 is 48.3 Å². The Morgan fingerprint density at radius 3 is 1.92 bits per heavy atom.